The van der Waals surface area contributed by atoms with Crippen LogP contribution in [0.3, 0.4) is 0 Å². The Morgan fingerprint density at radius 2 is 2.19 bits per heavy atom. The SMILES string of the molecule is NC1(c2nc3cc(Br)c(F)cc3[nH]2)CCC1. The number of aromatic amines is 1. The summed E-state index contributed by atoms with van der Waals surface area (Å²) in [6.45, 7) is 0. The molecule has 1 aromatic heterocycles. The molecule has 2 aromatic rings. The lowest BCUT2D eigenvalue weighted by Crippen LogP contribution is -2.44. The molecule has 0 spiro atoms. The van der Waals surface area contributed by atoms with Gasteiger partial charge in [0.15, 0.2) is 0 Å². The summed E-state index contributed by atoms with van der Waals surface area (Å²) in [4.78, 5) is 7.54. The molecule has 1 aliphatic carbocycles. The maximum Gasteiger partial charge on any atom is 0.139 e. The van der Waals surface area contributed by atoms with Crippen molar-refractivity contribution in [2.45, 2.75) is 24.8 Å². The highest BCUT2D eigenvalue weighted by molar-refractivity contribution is 9.10. The Balaban J connectivity index is 2.16. The lowest BCUT2D eigenvalue weighted by Gasteiger charge is -2.35. The Hall–Kier alpha value is -0.940. The molecular formula is C11H11BrFN3. The van der Waals surface area contributed by atoms with Crippen LogP contribution in [0.25, 0.3) is 11.0 Å². The molecule has 16 heavy (non-hydrogen) atoms. The number of hydrogen-bond acceptors (Lipinski definition) is 2. The van der Waals surface area contributed by atoms with Crippen molar-refractivity contribution in [1.82, 2.24) is 9.97 Å². The summed E-state index contributed by atoms with van der Waals surface area (Å²) in [5.41, 5.74) is 7.28. The minimum Gasteiger partial charge on any atom is -0.340 e. The number of nitrogens with one attached hydrogen (secondary N) is 1. The second kappa shape index (κ2) is 3.28. The number of fused-ring (bicyclic) bond motifs is 1. The van der Waals surface area contributed by atoms with E-state index in [1.807, 2.05) is 0 Å². The van der Waals surface area contributed by atoms with Gasteiger partial charge in [-0.05, 0) is 41.3 Å². The number of hydrogen-bond donors (Lipinski definition) is 2. The Labute approximate surface area is 100 Å². The number of H-pyrrole nitrogens is 1. The van der Waals surface area contributed by atoms with Crippen molar-refractivity contribution >= 4 is 27.0 Å². The average Bonchev–Trinajstić information content (AvgIpc) is 2.58. The van der Waals surface area contributed by atoms with Crippen LogP contribution in [0.15, 0.2) is 16.6 Å². The van der Waals surface area contributed by atoms with Gasteiger partial charge in [-0.15, -0.1) is 0 Å². The Morgan fingerprint density at radius 3 is 2.81 bits per heavy atom. The number of halogens is 2. The Kier molecular flexibility index (Phi) is 2.09. The van der Waals surface area contributed by atoms with Crippen LogP contribution in [0.5, 0.6) is 0 Å². The number of aromatic nitrogens is 2. The molecule has 3 rings (SSSR count). The molecule has 1 saturated carbocycles. The maximum absolute atomic E-state index is 13.3. The largest absolute Gasteiger partial charge is 0.340 e. The van der Waals surface area contributed by atoms with Crippen molar-refractivity contribution in [3.8, 4) is 0 Å². The summed E-state index contributed by atoms with van der Waals surface area (Å²) in [5.74, 6) is 0.480. The van der Waals surface area contributed by atoms with Crippen molar-refractivity contribution in [2.75, 3.05) is 0 Å². The van der Waals surface area contributed by atoms with Crippen LogP contribution in [-0.2, 0) is 5.54 Å². The van der Waals surface area contributed by atoms with Crippen LogP contribution in [-0.4, -0.2) is 9.97 Å². The number of imidazole rings is 1. The molecule has 0 amide bonds. The first-order valence-corrected chi connectivity index (χ1v) is 6.02. The summed E-state index contributed by atoms with van der Waals surface area (Å²) in [7, 11) is 0. The lowest BCUT2D eigenvalue weighted by molar-refractivity contribution is 0.240. The minimum atomic E-state index is -0.331. The van der Waals surface area contributed by atoms with E-state index >= 15 is 0 Å². The predicted octanol–water partition coefficient (Wildman–Crippen LogP) is 2.80. The first-order valence-electron chi connectivity index (χ1n) is 5.23. The van der Waals surface area contributed by atoms with Crippen molar-refractivity contribution in [1.29, 1.82) is 0 Å². The van der Waals surface area contributed by atoms with Crippen LogP contribution in [0.1, 0.15) is 25.1 Å². The molecule has 5 heteroatoms. The van der Waals surface area contributed by atoms with E-state index in [-0.39, 0.29) is 11.4 Å². The standard InChI is InChI=1S/C11H11BrFN3/c12-6-4-8-9(5-7(6)13)16-10(15-8)11(14)2-1-3-11/h4-5H,1-3,14H2,(H,15,16). The molecular weight excluding hydrogens is 273 g/mol. The Morgan fingerprint density at radius 1 is 1.44 bits per heavy atom. The summed E-state index contributed by atoms with van der Waals surface area (Å²) < 4.78 is 13.8. The zero-order valence-electron chi connectivity index (χ0n) is 8.56. The topological polar surface area (TPSA) is 54.7 Å². The second-order valence-corrected chi connectivity index (χ2v) is 5.23. The van der Waals surface area contributed by atoms with Crippen LogP contribution in [0.4, 0.5) is 4.39 Å². The normalized spacial score (nSPS) is 18.7. The van der Waals surface area contributed by atoms with Gasteiger partial charge >= 0.3 is 0 Å². The predicted molar refractivity (Wildman–Crippen MR) is 63.5 cm³/mol. The third kappa shape index (κ3) is 1.38. The van der Waals surface area contributed by atoms with Crippen LogP contribution in [0, 0.1) is 5.82 Å². The summed E-state index contributed by atoms with van der Waals surface area (Å²) >= 11 is 3.15. The number of benzene rings is 1. The van der Waals surface area contributed by atoms with Crippen molar-refractivity contribution in [2.24, 2.45) is 5.73 Å². The van der Waals surface area contributed by atoms with E-state index in [2.05, 4.69) is 25.9 Å². The van der Waals surface area contributed by atoms with Gasteiger partial charge in [0.05, 0.1) is 21.0 Å². The van der Waals surface area contributed by atoms with E-state index in [1.54, 1.807) is 6.07 Å². The quantitative estimate of drug-likeness (QED) is 0.846. The van der Waals surface area contributed by atoms with E-state index in [0.717, 1.165) is 30.6 Å². The van der Waals surface area contributed by atoms with Gasteiger partial charge in [-0.25, -0.2) is 9.37 Å². The van der Waals surface area contributed by atoms with Crippen LogP contribution >= 0.6 is 15.9 Å². The van der Waals surface area contributed by atoms with E-state index in [4.69, 9.17) is 5.73 Å². The van der Waals surface area contributed by atoms with Gasteiger partial charge in [-0.3, -0.25) is 0 Å². The number of rotatable bonds is 1. The molecule has 1 heterocycles. The lowest BCUT2D eigenvalue weighted by atomic mass is 9.77. The van der Waals surface area contributed by atoms with E-state index in [0.29, 0.717) is 9.99 Å². The fourth-order valence-corrected chi connectivity index (χ4v) is 2.37. The molecule has 0 unspecified atom stereocenters. The van der Waals surface area contributed by atoms with Gasteiger partial charge in [-0.2, -0.15) is 0 Å². The zero-order valence-corrected chi connectivity index (χ0v) is 10.1. The van der Waals surface area contributed by atoms with Crippen molar-refractivity contribution in [3.05, 3.63) is 28.2 Å². The van der Waals surface area contributed by atoms with E-state index in [1.165, 1.54) is 6.07 Å². The molecule has 0 saturated heterocycles. The molecule has 0 bridgehead atoms. The highest BCUT2D eigenvalue weighted by Gasteiger charge is 2.37. The highest BCUT2D eigenvalue weighted by Crippen LogP contribution is 2.38. The van der Waals surface area contributed by atoms with E-state index < -0.39 is 0 Å². The third-order valence-electron chi connectivity index (χ3n) is 3.24. The molecule has 1 aromatic carbocycles. The monoisotopic (exact) mass is 283 g/mol. The van der Waals surface area contributed by atoms with Crippen LogP contribution in [0.2, 0.25) is 0 Å². The molecule has 1 fully saturated rings. The van der Waals surface area contributed by atoms with Crippen molar-refractivity contribution in [3.63, 3.8) is 0 Å². The van der Waals surface area contributed by atoms with Gasteiger partial charge in [-0.1, -0.05) is 0 Å². The minimum absolute atomic E-state index is 0.289. The van der Waals surface area contributed by atoms with Crippen molar-refractivity contribution < 1.29 is 4.39 Å². The summed E-state index contributed by atoms with van der Waals surface area (Å²) in [6.07, 6.45) is 3.01. The Bertz CT molecular complexity index is 521. The first-order chi connectivity index (χ1) is 7.58. The fraction of sp³-hybridized carbons (Fsp3) is 0.364. The molecule has 3 nitrogen and oxygen atoms in total. The van der Waals surface area contributed by atoms with Gasteiger partial charge in [0.25, 0.3) is 0 Å². The second-order valence-electron chi connectivity index (χ2n) is 4.38. The third-order valence-corrected chi connectivity index (χ3v) is 3.85. The molecule has 84 valence electrons. The number of nitrogens with two attached hydrogens (primary N) is 1. The average molecular weight is 284 g/mol. The smallest absolute Gasteiger partial charge is 0.139 e. The van der Waals surface area contributed by atoms with Crippen LogP contribution < -0.4 is 5.73 Å². The number of nitrogens with zero attached hydrogens (tertiary/aromatic N) is 1. The molecule has 0 aliphatic heterocycles. The maximum atomic E-state index is 13.3. The zero-order chi connectivity index (χ0) is 11.3. The summed E-state index contributed by atoms with van der Waals surface area (Å²) in [5, 5.41) is 0. The van der Waals surface area contributed by atoms with Gasteiger partial charge in [0.1, 0.15) is 11.6 Å². The molecule has 0 radical (unpaired) electrons. The van der Waals surface area contributed by atoms with Gasteiger partial charge < -0.3 is 10.7 Å². The molecule has 1 aliphatic rings. The van der Waals surface area contributed by atoms with Gasteiger partial charge in [0.2, 0.25) is 0 Å². The molecule has 0 atom stereocenters. The first kappa shape index (κ1) is 10.2. The highest BCUT2D eigenvalue weighted by atomic mass is 79.9. The fourth-order valence-electron chi connectivity index (χ4n) is 2.04. The van der Waals surface area contributed by atoms with E-state index in [9.17, 15) is 4.39 Å². The summed E-state index contributed by atoms with van der Waals surface area (Å²) in [6, 6.07) is 3.12. The molecule has 3 N–H and O–H groups in total. The van der Waals surface area contributed by atoms with Gasteiger partial charge in [0, 0.05) is 6.07 Å².